The molecule has 2 N–H and O–H groups in total. The Morgan fingerprint density at radius 3 is 1.84 bits per heavy atom. The molecule has 0 atom stereocenters. The van der Waals surface area contributed by atoms with Crippen LogP contribution in [0.4, 0.5) is 5.69 Å². The molecule has 0 aromatic carbocycles. The molecule has 8 fully saturated rings. The van der Waals surface area contributed by atoms with Crippen molar-refractivity contribution in [1.29, 1.82) is 0 Å². The lowest BCUT2D eigenvalue weighted by Gasteiger charge is -2.56. The quantitative estimate of drug-likeness (QED) is 0.531. The van der Waals surface area contributed by atoms with Gasteiger partial charge >= 0.3 is 0 Å². The van der Waals surface area contributed by atoms with Gasteiger partial charge < -0.3 is 5.73 Å². The number of hydrogen-bond acceptors (Lipinski definition) is 4. The van der Waals surface area contributed by atoms with Crippen molar-refractivity contribution >= 4 is 33.0 Å². The first kappa shape index (κ1) is 18.9. The van der Waals surface area contributed by atoms with Gasteiger partial charge in [-0.1, -0.05) is 0 Å². The molecule has 0 spiro atoms. The van der Waals surface area contributed by atoms with E-state index in [1.165, 1.54) is 63.5 Å². The van der Waals surface area contributed by atoms with E-state index in [9.17, 15) is 4.79 Å². The van der Waals surface area contributed by atoms with E-state index in [1.54, 1.807) is 11.3 Å². The highest BCUT2D eigenvalue weighted by atomic mass is 32.1. The summed E-state index contributed by atoms with van der Waals surface area (Å²) in [5.74, 6) is 5.46. The number of aromatic nitrogens is 1. The number of thiophene rings is 1. The van der Waals surface area contributed by atoms with Crippen LogP contribution in [-0.2, 0) is 5.41 Å². The summed E-state index contributed by atoms with van der Waals surface area (Å²) in [6, 6.07) is 4.48. The molecule has 2 heterocycles. The second kappa shape index (κ2) is 6.17. The Morgan fingerprint density at radius 1 is 0.812 bits per heavy atom. The molecule has 0 amide bonds. The second-order valence-corrected chi connectivity index (χ2v) is 14.1. The van der Waals surface area contributed by atoms with E-state index in [4.69, 9.17) is 10.7 Å². The summed E-state index contributed by atoms with van der Waals surface area (Å²) in [7, 11) is 0. The topological polar surface area (TPSA) is 56.0 Å². The maximum absolute atomic E-state index is 14.0. The molecule has 8 saturated carbocycles. The van der Waals surface area contributed by atoms with Crippen LogP contribution in [0.5, 0.6) is 0 Å². The van der Waals surface area contributed by atoms with Crippen LogP contribution in [0, 0.1) is 40.9 Å². The molecular weight excluding hydrogens is 412 g/mol. The molecule has 168 valence electrons. The molecule has 0 unspecified atom stereocenters. The normalized spacial score (nSPS) is 45.8. The van der Waals surface area contributed by atoms with Crippen LogP contribution in [-0.4, -0.2) is 10.8 Å². The molecule has 8 aliphatic rings. The monoisotopic (exact) mass is 446 g/mol. The number of carbonyl (C=O) groups is 1. The number of anilines is 1. The zero-order valence-corrected chi connectivity index (χ0v) is 19.8. The predicted molar refractivity (Wildman–Crippen MR) is 129 cm³/mol. The lowest BCUT2D eigenvalue weighted by atomic mass is 9.48. The van der Waals surface area contributed by atoms with Gasteiger partial charge in [-0.25, -0.2) is 4.98 Å². The number of fused-ring (bicyclic) bond motifs is 1. The number of nitrogens with zero attached hydrogens (tertiary/aromatic N) is 1. The van der Waals surface area contributed by atoms with Gasteiger partial charge in [0.25, 0.3) is 0 Å². The largest absolute Gasteiger partial charge is 0.397 e. The van der Waals surface area contributed by atoms with Crippen LogP contribution >= 0.6 is 11.3 Å². The maximum atomic E-state index is 14.0. The van der Waals surface area contributed by atoms with Crippen molar-refractivity contribution in [3.63, 3.8) is 0 Å². The van der Waals surface area contributed by atoms with E-state index in [0.717, 1.165) is 75.6 Å². The molecular formula is C28H34N2OS. The second-order valence-electron chi connectivity index (χ2n) is 13.1. The van der Waals surface area contributed by atoms with Crippen LogP contribution in [0.2, 0.25) is 0 Å². The first-order chi connectivity index (χ1) is 15.5. The minimum absolute atomic E-state index is 0.119. The van der Waals surface area contributed by atoms with Crippen LogP contribution < -0.4 is 5.73 Å². The average molecular weight is 447 g/mol. The zero-order valence-electron chi connectivity index (χ0n) is 18.9. The third-order valence-corrected chi connectivity index (χ3v) is 12.0. The van der Waals surface area contributed by atoms with Gasteiger partial charge in [0.05, 0.1) is 10.6 Å². The van der Waals surface area contributed by atoms with Crippen LogP contribution in [0.1, 0.15) is 92.4 Å². The fraction of sp³-hybridized carbons (Fsp3) is 0.714. The molecule has 32 heavy (non-hydrogen) atoms. The van der Waals surface area contributed by atoms with Crippen molar-refractivity contribution in [2.24, 2.45) is 40.9 Å². The highest BCUT2D eigenvalue weighted by molar-refractivity contribution is 7.21. The molecule has 8 bridgehead atoms. The maximum Gasteiger partial charge on any atom is 0.181 e. The van der Waals surface area contributed by atoms with Crippen LogP contribution in [0.15, 0.2) is 12.1 Å². The van der Waals surface area contributed by atoms with Gasteiger partial charge in [-0.05, 0) is 125 Å². The molecule has 2 aromatic heterocycles. The number of pyridine rings is 1. The number of ketones is 1. The van der Waals surface area contributed by atoms with Crippen molar-refractivity contribution in [2.75, 3.05) is 5.73 Å². The highest BCUT2D eigenvalue weighted by Gasteiger charge is 2.55. The van der Waals surface area contributed by atoms with E-state index >= 15 is 0 Å². The Hall–Kier alpha value is -1.42. The molecule has 3 nitrogen and oxygen atoms in total. The van der Waals surface area contributed by atoms with Gasteiger partial charge in [-0.3, -0.25) is 4.79 Å². The summed E-state index contributed by atoms with van der Waals surface area (Å²) < 4.78 is 0. The Kier molecular flexibility index (Phi) is 3.65. The highest BCUT2D eigenvalue weighted by Crippen LogP contribution is 2.62. The van der Waals surface area contributed by atoms with Crippen molar-refractivity contribution < 1.29 is 4.79 Å². The fourth-order valence-electron chi connectivity index (χ4n) is 10.5. The van der Waals surface area contributed by atoms with Crippen molar-refractivity contribution in [2.45, 2.75) is 82.5 Å². The number of nitrogens with two attached hydrogens (primary N) is 1. The molecule has 10 rings (SSSR count). The van der Waals surface area contributed by atoms with Gasteiger partial charge in [0.1, 0.15) is 4.83 Å². The minimum Gasteiger partial charge on any atom is -0.397 e. The fourth-order valence-corrected chi connectivity index (χ4v) is 11.7. The van der Waals surface area contributed by atoms with Gasteiger partial charge in [-0.15, -0.1) is 11.3 Å². The SMILES string of the molecule is Nc1c(C(=O)C23CC4CC(CC(C4)C2)C3)sc2nc(C34CC5CC(CC(C5)C3)C4)ccc12. The summed E-state index contributed by atoms with van der Waals surface area (Å²) in [5.41, 5.74) is 8.87. The molecule has 0 saturated heterocycles. The van der Waals surface area contributed by atoms with E-state index < -0.39 is 0 Å². The van der Waals surface area contributed by atoms with E-state index in [1.807, 2.05) is 0 Å². The Labute approximate surface area is 194 Å². The van der Waals surface area contributed by atoms with Crippen molar-refractivity contribution in [1.82, 2.24) is 4.98 Å². The predicted octanol–water partition coefficient (Wildman–Crippen LogP) is 6.75. The van der Waals surface area contributed by atoms with Crippen molar-refractivity contribution in [3.05, 3.63) is 22.7 Å². The van der Waals surface area contributed by atoms with E-state index in [0.29, 0.717) is 11.2 Å². The first-order valence-electron chi connectivity index (χ1n) is 13.2. The van der Waals surface area contributed by atoms with Crippen LogP contribution in [0.25, 0.3) is 10.2 Å². The third-order valence-electron chi connectivity index (χ3n) is 10.9. The molecule has 2 aromatic rings. The Bertz CT molecular complexity index is 1080. The van der Waals surface area contributed by atoms with E-state index in [2.05, 4.69) is 12.1 Å². The minimum atomic E-state index is -0.119. The number of rotatable bonds is 3. The first-order valence-corrected chi connectivity index (χ1v) is 14.0. The van der Waals surface area contributed by atoms with Crippen molar-refractivity contribution in [3.8, 4) is 0 Å². The third kappa shape index (κ3) is 2.48. The summed E-state index contributed by atoms with van der Waals surface area (Å²) in [4.78, 5) is 21.1. The average Bonchev–Trinajstić information content (AvgIpc) is 3.07. The smallest absolute Gasteiger partial charge is 0.181 e. The lowest BCUT2D eigenvalue weighted by molar-refractivity contribution is -0.0350. The van der Waals surface area contributed by atoms with Gasteiger partial charge in [-0.2, -0.15) is 0 Å². The number of Topliss-reactive ketones (excluding diaryl/α,β-unsaturated/α-hetero) is 1. The van der Waals surface area contributed by atoms with Crippen LogP contribution in [0.3, 0.4) is 0 Å². The summed E-state index contributed by atoms with van der Waals surface area (Å²) in [6.07, 6.45) is 15.8. The number of nitrogen functional groups attached to an aromatic ring is 1. The molecule has 0 aliphatic heterocycles. The van der Waals surface area contributed by atoms with Gasteiger partial charge in [0.2, 0.25) is 0 Å². The lowest BCUT2D eigenvalue weighted by Crippen LogP contribution is -2.49. The molecule has 0 radical (unpaired) electrons. The number of carbonyl (C=O) groups excluding carboxylic acids is 1. The summed E-state index contributed by atoms with van der Waals surface area (Å²) in [6.45, 7) is 0. The Morgan fingerprint density at radius 2 is 1.31 bits per heavy atom. The van der Waals surface area contributed by atoms with Gasteiger partial charge in [0, 0.05) is 21.9 Å². The molecule has 8 aliphatic carbocycles. The molecule has 4 heteroatoms. The Balaban J connectivity index is 1.18. The summed E-state index contributed by atoms with van der Waals surface area (Å²) >= 11 is 1.61. The van der Waals surface area contributed by atoms with Gasteiger partial charge in [0.15, 0.2) is 5.78 Å². The standard InChI is InChI=1S/C28H34N2OS/c29-23-21-1-2-22(27-9-15-3-16(10-27)5-17(4-15)11-27)30-26(21)32-24(23)25(31)28-12-18-6-19(13-28)8-20(7-18)14-28/h1-2,15-20H,3-14,29H2. The zero-order chi connectivity index (χ0) is 21.2. The number of hydrogen-bond donors (Lipinski definition) is 1. The van der Waals surface area contributed by atoms with E-state index in [-0.39, 0.29) is 5.41 Å². The summed E-state index contributed by atoms with van der Waals surface area (Å²) in [5, 5.41) is 1.02.